The average molecular weight is 311 g/mol. The fourth-order valence-electron chi connectivity index (χ4n) is 2.51. The van der Waals surface area contributed by atoms with Crippen molar-refractivity contribution in [2.24, 2.45) is 5.92 Å². The molecule has 0 saturated heterocycles. The fourth-order valence-corrected chi connectivity index (χ4v) is 2.86. The Hall–Kier alpha value is -0.900. The number of aromatic nitrogens is 1. The van der Waals surface area contributed by atoms with Crippen LogP contribution in [0.1, 0.15) is 44.9 Å². The lowest BCUT2D eigenvalue weighted by atomic mass is 9.96. The largest absolute Gasteiger partial charge is 0.324 e. The number of nitrogens with zero attached hydrogens (tertiary/aromatic N) is 1. The summed E-state index contributed by atoms with van der Waals surface area (Å²) in [6.45, 7) is 0. The van der Waals surface area contributed by atoms with Crippen LogP contribution in [-0.2, 0) is 4.79 Å². The van der Waals surface area contributed by atoms with E-state index in [1.54, 1.807) is 6.20 Å². The van der Waals surface area contributed by atoms with Gasteiger partial charge >= 0.3 is 0 Å². The number of anilines is 1. The zero-order valence-corrected chi connectivity index (χ0v) is 12.1. The topological polar surface area (TPSA) is 42.0 Å². The number of hydrogen-bond acceptors (Lipinski definition) is 2. The third kappa shape index (κ3) is 4.09. The first-order valence-electron chi connectivity index (χ1n) is 6.66. The monoisotopic (exact) mass is 310 g/mol. The Kier molecular flexibility index (Phi) is 5.17. The van der Waals surface area contributed by atoms with Crippen LogP contribution in [0.25, 0.3) is 0 Å². The Morgan fingerprint density at radius 3 is 2.72 bits per heavy atom. The van der Waals surface area contributed by atoms with Gasteiger partial charge in [-0.1, -0.05) is 25.7 Å². The molecule has 18 heavy (non-hydrogen) atoms. The van der Waals surface area contributed by atoms with Crippen LogP contribution in [-0.4, -0.2) is 10.9 Å². The number of halogens is 1. The van der Waals surface area contributed by atoms with Crippen molar-refractivity contribution in [3.63, 3.8) is 0 Å². The van der Waals surface area contributed by atoms with Crippen LogP contribution in [0.15, 0.2) is 22.9 Å². The number of pyridine rings is 1. The molecule has 1 amide bonds. The minimum absolute atomic E-state index is 0.107. The highest BCUT2D eigenvalue weighted by atomic mass is 79.9. The van der Waals surface area contributed by atoms with Gasteiger partial charge in [0.25, 0.3) is 0 Å². The summed E-state index contributed by atoms with van der Waals surface area (Å²) in [4.78, 5) is 16.1. The van der Waals surface area contributed by atoms with E-state index in [9.17, 15) is 4.79 Å². The van der Waals surface area contributed by atoms with Crippen molar-refractivity contribution in [1.29, 1.82) is 0 Å². The summed E-state index contributed by atoms with van der Waals surface area (Å²) in [5.41, 5.74) is 0.760. The summed E-state index contributed by atoms with van der Waals surface area (Å²) in [6.07, 6.45) is 9.93. The minimum atomic E-state index is 0.107. The van der Waals surface area contributed by atoms with Gasteiger partial charge in [-0.2, -0.15) is 0 Å². The van der Waals surface area contributed by atoms with E-state index in [-0.39, 0.29) is 5.91 Å². The molecule has 1 N–H and O–H groups in total. The lowest BCUT2D eigenvalue weighted by Gasteiger charge is -2.13. The Labute approximate surface area is 117 Å². The van der Waals surface area contributed by atoms with Crippen molar-refractivity contribution in [1.82, 2.24) is 4.98 Å². The van der Waals surface area contributed by atoms with Gasteiger partial charge in [0.2, 0.25) is 5.91 Å². The lowest BCUT2D eigenvalue weighted by Crippen LogP contribution is -2.16. The number of carbonyl (C=O) groups excluding carboxylic acids is 1. The molecule has 0 aromatic carbocycles. The third-order valence-electron chi connectivity index (χ3n) is 3.48. The van der Waals surface area contributed by atoms with Gasteiger partial charge in [0.15, 0.2) is 0 Å². The van der Waals surface area contributed by atoms with Crippen molar-refractivity contribution in [2.45, 2.75) is 44.9 Å². The molecule has 0 unspecified atom stereocenters. The van der Waals surface area contributed by atoms with Crippen molar-refractivity contribution in [3.05, 3.63) is 22.9 Å². The maximum absolute atomic E-state index is 12.0. The summed E-state index contributed by atoms with van der Waals surface area (Å²) in [5.74, 6) is 0.665. The highest BCUT2D eigenvalue weighted by molar-refractivity contribution is 9.10. The van der Waals surface area contributed by atoms with Crippen LogP contribution < -0.4 is 5.32 Å². The summed E-state index contributed by atoms with van der Waals surface area (Å²) < 4.78 is 0.694. The van der Waals surface area contributed by atoms with Gasteiger partial charge in [-0.15, -0.1) is 0 Å². The van der Waals surface area contributed by atoms with Gasteiger partial charge in [0.05, 0.1) is 5.69 Å². The van der Waals surface area contributed by atoms with Crippen LogP contribution in [0, 0.1) is 5.92 Å². The Morgan fingerprint density at radius 1 is 1.33 bits per heavy atom. The molecular weight excluding hydrogens is 292 g/mol. The second-order valence-corrected chi connectivity index (χ2v) is 5.70. The second kappa shape index (κ2) is 6.88. The Bertz CT molecular complexity index is 401. The zero-order chi connectivity index (χ0) is 12.8. The van der Waals surface area contributed by atoms with E-state index in [1.165, 1.54) is 38.5 Å². The molecule has 1 aliphatic rings. The van der Waals surface area contributed by atoms with Gasteiger partial charge in [-0.05, 0) is 46.8 Å². The van der Waals surface area contributed by atoms with E-state index in [0.29, 0.717) is 16.9 Å². The van der Waals surface area contributed by atoms with Crippen LogP contribution >= 0.6 is 15.9 Å². The Balaban J connectivity index is 1.86. The van der Waals surface area contributed by atoms with Gasteiger partial charge in [-0.25, -0.2) is 4.98 Å². The Morgan fingerprint density at radius 2 is 2.06 bits per heavy atom. The predicted molar refractivity (Wildman–Crippen MR) is 76.4 cm³/mol. The van der Waals surface area contributed by atoms with Crippen molar-refractivity contribution >= 4 is 27.5 Å². The smallest absolute Gasteiger partial charge is 0.224 e. The average Bonchev–Trinajstić information content (AvgIpc) is 2.61. The summed E-state index contributed by atoms with van der Waals surface area (Å²) in [6, 6.07) is 3.69. The quantitative estimate of drug-likeness (QED) is 0.673. The number of amides is 1. The van der Waals surface area contributed by atoms with Crippen molar-refractivity contribution in [3.8, 4) is 0 Å². The summed E-state index contributed by atoms with van der Waals surface area (Å²) in [7, 11) is 0. The van der Waals surface area contributed by atoms with Gasteiger partial charge < -0.3 is 5.32 Å². The number of nitrogens with one attached hydrogen (secondary N) is 1. The molecule has 1 fully saturated rings. The first-order valence-corrected chi connectivity index (χ1v) is 7.45. The molecule has 0 radical (unpaired) electrons. The zero-order valence-electron chi connectivity index (χ0n) is 10.5. The normalized spacial score (nSPS) is 17.2. The first-order chi connectivity index (χ1) is 8.75. The minimum Gasteiger partial charge on any atom is -0.324 e. The summed E-state index contributed by atoms with van der Waals surface area (Å²) in [5, 5.41) is 2.93. The highest BCUT2D eigenvalue weighted by Gasteiger charge is 2.16. The second-order valence-electron chi connectivity index (χ2n) is 4.95. The molecule has 1 saturated carbocycles. The van der Waals surface area contributed by atoms with E-state index < -0.39 is 0 Å². The SMILES string of the molecule is O=C(CC1CCCCCC1)Nc1cccnc1Br. The molecule has 0 atom stereocenters. The molecule has 1 aromatic heterocycles. The highest BCUT2D eigenvalue weighted by Crippen LogP contribution is 2.26. The number of carbonyl (C=O) groups is 1. The van der Waals surface area contributed by atoms with Gasteiger partial charge in [0.1, 0.15) is 4.60 Å². The summed E-state index contributed by atoms with van der Waals surface area (Å²) >= 11 is 3.34. The van der Waals surface area contributed by atoms with Crippen molar-refractivity contribution in [2.75, 3.05) is 5.32 Å². The van der Waals surface area contributed by atoms with Crippen molar-refractivity contribution < 1.29 is 4.79 Å². The van der Waals surface area contributed by atoms with E-state index in [2.05, 4.69) is 26.2 Å². The molecule has 0 spiro atoms. The van der Waals surface area contributed by atoms with Crippen LogP contribution in [0.3, 0.4) is 0 Å². The number of rotatable bonds is 3. The van der Waals surface area contributed by atoms with E-state index in [1.807, 2.05) is 12.1 Å². The third-order valence-corrected chi connectivity index (χ3v) is 4.11. The van der Waals surface area contributed by atoms with Crippen LogP contribution in [0.4, 0.5) is 5.69 Å². The molecule has 0 aliphatic heterocycles. The van der Waals surface area contributed by atoms with Crippen LogP contribution in [0.5, 0.6) is 0 Å². The molecule has 0 bridgehead atoms. The molecule has 98 valence electrons. The number of hydrogen-bond donors (Lipinski definition) is 1. The van der Waals surface area contributed by atoms with E-state index in [4.69, 9.17) is 0 Å². The fraction of sp³-hybridized carbons (Fsp3) is 0.571. The molecular formula is C14H19BrN2O. The lowest BCUT2D eigenvalue weighted by molar-refractivity contribution is -0.117. The maximum Gasteiger partial charge on any atom is 0.224 e. The first kappa shape index (κ1) is 13.5. The van der Waals surface area contributed by atoms with Crippen LogP contribution in [0.2, 0.25) is 0 Å². The van der Waals surface area contributed by atoms with E-state index in [0.717, 1.165) is 5.69 Å². The van der Waals surface area contributed by atoms with Gasteiger partial charge in [-0.3, -0.25) is 4.79 Å². The molecule has 4 heteroatoms. The molecule has 2 rings (SSSR count). The molecule has 1 heterocycles. The van der Waals surface area contributed by atoms with E-state index >= 15 is 0 Å². The molecule has 3 nitrogen and oxygen atoms in total. The standard InChI is InChI=1S/C14H19BrN2O/c15-14-12(8-5-9-16-14)17-13(18)10-11-6-3-1-2-4-7-11/h5,8-9,11H,1-4,6-7,10H2,(H,17,18). The maximum atomic E-state index is 12.0. The van der Waals surface area contributed by atoms with Gasteiger partial charge in [0, 0.05) is 12.6 Å². The molecule has 1 aliphatic carbocycles. The predicted octanol–water partition coefficient (Wildman–Crippen LogP) is 4.14. The molecule has 1 aromatic rings.